The fourth-order valence-electron chi connectivity index (χ4n) is 3.28. The van der Waals surface area contributed by atoms with Crippen LogP contribution in [-0.2, 0) is 12.8 Å². The molecule has 3 heteroatoms. The van der Waals surface area contributed by atoms with Crippen LogP contribution >= 0.6 is 0 Å². The van der Waals surface area contributed by atoms with E-state index in [1.807, 2.05) is 0 Å². The summed E-state index contributed by atoms with van der Waals surface area (Å²) < 4.78 is 6.00. The highest BCUT2D eigenvalue weighted by Crippen LogP contribution is 2.30. The Morgan fingerprint density at radius 2 is 1.91 bits per heavy atom. The van der Waals surface area contributed by atoms with Gasteiger partial charge in [-0.1, -0.05) is 19.1 Å². The average Bonchev–Trinajstić information content (AvgIpc) is 3.39. The van der Waals surface area contributed by atoms with Crippen molar-refractivity contribution in [3.63, 3.8) is 0 Å². The lowest BCUT2D eigenvalue weighted by atomic mass is 10.0. The van der Waals surface area contributed by atoms with Crippen LogP contribution in [0.4, 0.5) is 0 Å². The first kappa shape index (κ1) is 16.8. The maximum absolute atomic E-state index is 6.00. The number of hydrogen-bond donors (Lipinski definition) is 0. The number of aryl methyl sites for hydroxylation is 2. The molecular formula is C20H32N2O. The Morgan fingerprint density at radius 3 is 2.61 bits per heavy atom. The van der Waals surface area contributed by atoms with E-state index in [9.17, 15) is 0 Å². The summed E-state index contributed by atoms with van der Waals surface area (Å²) in [5, 5.41) is 0. The summed E-state index contributed by atoms with van der Waals surface area (Å²) in [6.07, 6.45) is 6.21. The van der Waals surface area contributed by atoms with Crippen LogP contribution in [0.3, 0.4) is 0 Å². The van der Waals surface area contributed by atoms with E-state index in [0.717, 1.165) is 24.7 Å². The molecule has 2 aliphatic rings. The van der Waals surface area contributed by atoms with Crippen LogP contribution in [0.15, 0.2) is 18.2 Å². The molecular weight excluding hydrogens is 284 g/mol. The van der Waals surface area contributed by atoms with Gasteiger partial charge in [0, 0.05) is 26.2 Å². The minimum atomic E-state index is 0.822. The van der Waals surface area contributed by atoms with E-state index in [0.29, 0.717) is 0 Å². The fraction of sp³-hybridized carbons (Fsp3) is 0.700. The van der Waals surface area contributed by atoms with Crippen molar-refractivity contribution in [2.24, 2.45) is 5.92 Å². The topological polar surface area (TPSA) is 15.7 Å². The lowest BCUT2D eigenvalue weighted by Gasteiger charge is -2.32. The van der Waals surface area contributed by atoms with Gasteiger partial charge in [-0.25, -0.2) is 0 Å². The molecule has 0 unspecified atom stereocenters. The highest BCUT2D eigenvalue weighted by Gasteiger charge is 2.22. The van der Waals surface area contributed by atoms with Gasteiger partial charge in [0.2, 0.25) is 0 Å². The summed E-state index contributed by atoms with van der Waals surface area (Å²) in [5.74, 6) is 1.94. The van der Waals surface area contributed by atoms with Gasteiger partial charge >= 0.3 is 0 Å². The molecule has 1 aromatic carbocycles. The van der Waals surface area contributed by atoms with Gasteiger partial charge in [0.05, 0.1) is 6.61 Å². The first-order chi connectivity index (χ1) is 11.2. The maximum atomic E-state index is 6.00. The van der Waals surface area contributed by atoms with Crippen molar-refractivity contribution in [2.45, 2.75) is 39.0 Å². The third-order valence-electron chi connectivity index (χ3n) is 5.21. The molecule has 0 aromatic heterocycles. The van der Waals surface area contributed by atoms with E-state index in [-0.39, 0.29) is 0 Å². The van der Waals surface area contributed by atoms with Crippen LogP contribution in [0.25, 0.3) is 0 Å². The Balaban J connectivity index is 1.45. The average molecular weight is 316 g/mol. The molecule has 1 aliphatic carbocycles. The van der Waals surface area contributed by atoms with Crippen LogP contribution in [0, 0.1) is 5.92 Å². The highest BCUT2D eigenvalue weighted by molar-refractivity contribution is 5.37. The third-order valence-corrected chi connectivity index (χ3v) is 5.21. The lowest BCUT2D eigenvalue weighted by molar-refractivity contribution is 0.153. The van der Waals surface area contributed by atoms with Gasteiger partial charge in [0.1, 0.15) is 5.75 Å². The van der Waals surface area contributed by atoms with E-state index in [2.05, 4.69) is 42.0 Å². The molecule has 0 N–H and O–H groups in total. The zero-order valence-corrected chi connectivity index (χ0v) is 14.9. The quantitative estimate of drug-likeness (QED) is 0.732. The van der Waals surface area contributed by atoms with Crippen molar-refractivity contribution in [2.75, 3.05) is 46.4 Å². The van der Waals surface area contributed by atoms with Crippen molar-refractivity contribution >= 4 is 0 Å². The van der Waals surface area contributed by atoms with Crippen LogP contribution < -0.4 is 4.74 Å². The second-order valence-electron chi connectivity index (χ2n) is 7.30. The Hall–Kier alpha value is -1.06. The van der Waals surface area contributed by atoms with E-state index >= 15 is 0 Å². The SMILES string of the molecule is CCc1cc(CCCN2CCN(C)CC2)ccc1OCC1CC1. The monoisotopic (exact) mass is 316 g/mol. The first-order valence-electron chi connectivity index (χ1n) is 9.40. The molecule has 1 saturated carbocycles. The zero-order chi connectivity index (χ0) is 16.1. The van der Waals surface area contributed by atoms with E-state index < -0.39 is 0 Å². The van der Waals surface area contributed by atoms with Gasteiger partial charge in [0.25, 0.3) is 0 Å². The molecule has 1 aliphatic heterocycles. The molecule has 1 saturated heterocycles. The van der Waals surface area contributed by atoms with Crippen molar-refractivity contribution in [1.82, 2.24) is 9.80 Å². The number of ether oxygens (including phenoxy) is 1. The van der Waals surface area contributed by atoms with Gasteiger partial charge in [-0.3, -0.25) is 0 Å². The Kier molecular flexibility index (Phi) is 5.96. The van der Waals surface area contributed by atoms with Crippen molar-refractivity contribution in [1.29, 1.82) is 0 Å². The second-order valence-corrected chi connectivity index (χ2v) is 7.30. The predicted molar refractivity (Wildman–Crippen MR) is 96.3 cm³/mol. The van der Waals surface area contributed by atoms with Gasteiger partial charge < -0.3 is 14.5 Å². The summed E-state index contributed by atoms with van der Waals surface area (Å²) in [7, 11) is 2.22. The van der Waals surface area contributed by atoms with E-state index in [4.69, 9.17) is 4.74 Å². The van der Waals surface area contributed by atoms with Crippen LogP contribution in [-0.4, -0.2) is 56.2 Å². The number of likely N-dealkylation sites (N-methyl/N-ethyl adjacent to an activating group) is 1. The van der Waals surface area contributed by atoms with E-state index in [1.165, 1.54) is 69.5 Å². The number of hydrogen-bond acceptors (Lipinski definition) is 3. The molecule has 0 radical (unpaired) electrons. The summed E-state index contributed by atoms with van der Waals surface area (Å²) in [4.78, 5) is 5.03. The Labute approximate surface area is 141 Å². The number of nitrogens with zero attached hydrogens (tertiary/aromatic N) is 2. The van der Waals surface area contributed by atoms with Gasteiger partial charge in [-0.05, 0) is 68.8 Å². The lowest BCUT2D eigenvalue weighted by Crippen LogP contribution is -2.44. The van der Waals surface area contributed by atoms with Gasteiger partial charge in [0.15, 0.2) is 0 Å². The molecule has 1 heterocycles. The highest BCUT2D eigenvalue weighted by atomic mass is 16.5. The molecule has 0 bridgehead atoms. The molecule has 0 amide bonds. The predicted octanol–water partition coefficient (Wildman–Crippen LogP) is 3.22. The smallest absolute Gasteiger partial charge is 0.122 e. The molecule has 128 valence electrons. The van der Waals surface area contributed by atoms with Gasteiger partial charge in [-0.15, -0.1) is 0 Å². The van der Waals surface area contributed by atoms with E-state index in [1.54, 1.807) is 0 Å². The fourth-order valence-corrected chi connectivity index (χ4v) is 3.28. The number of piperazine rings is 1. The van der Waals surface area contributed by atoms with Crippen molar-refractivity contribution in [3.05, 3.63) is 29.3 Å². The first-order valence-corrected chi connectivity index (χ1v) is 9.40. The van der Waals surface area contributed by atoms with Crippen molar-refractivity contribution in [3.8, 4) is 5.75 Å². The largest absolute Gasteiger partial charge is 0.493 e. The minimum Gasteiger partial charge on any atom is -0.493 e. The second kappa shape index (κ2) is 8.16. The van der Waals surface area contributed by atoms with Crippen LogP contribution in [0.1, 0.15) is 37.3 Å². The Morgan fingerprint density at radius 1 is 1.13 bits per heavy atom. The third kappa shape index (κ3) is 5.22. The molecule has 1 aromatic rings. The van der Waals surface area contributed by atoms with Crippen molar-refractivity contribution < 1.29 is 4.74 Å². The van der Waals surface area contributed by atoms with Crippen LogP contribution in [0.5, 0.6) is 5.75 Å². The molecule has 2 fully saturated rings. The normalized spacial score (nSPS) is 19.9. The molecule has 0 spiro atoms. The van der Waals surface area contributed by atoms with Gasteiger partial charge in [-0.2, -0.15) is 0 Å². The van der Waals surface area contributed by atoms with Crippen LogP contribution in [0.2, 0.25) is 0 Å². The standard InChI is InChI=1S/C20H32N2O/c1-3-19-15-17(8-9-20(19)23-16-18-6-7-18)5-4-10-22-13-11-21(2)12-14-22/h8-9,15,18H,3-7,10-14,16H2,1-2H3. The molecule has 3 rings (SSSR count). The number of benzene rings is 1. The zero-order valence-electron chi connectivity index (χ0n) is 14.9. The summed E-state index contributed by atoms with van der Waals surface area (Å²) in [6.45, 7) is 9.26. The summed E-state index contributed by atoms with van der Waals surface area (Å²) in [5.41, 5.74) is 2.84. The summed E-state index contributed by atoms with van der Waals surface area (Å²) in [6, 6.07) is 6.84. The molecule has 0 atom stereocenters. The molecule has 3 nitrogen and oxygen atoms in total. The minimum absolute atomic E-state index is 0.822. The molecule has 23 heavy (non-hydrogen) atoms. The summed E-state index contributed by atoms with van der Waals surface area (Å²) >= 11 is 0. The maximum Gasteiger partial charge on any atom is 0.122 e. The Bertz CT molecular complexity index is 490. The number of rotatable bonds is 8.